The molecular formula is C12H21N3. The van der Waals surface area contributed by atoms with Gasteiger partial charge in [-0.2, -0.15) is 0 Å². The SMILES string of the molecule is CC(CN)Cc1ccnc(C(C)(C)C)n1. The lowest BCUT2D eigenvalue weighted by Gasteiger charge is -2.17. The zero-order valence-corrected chi connectivity index (χ0v) is 10.1. The van der Waals surface area contributed by atoms with Gasteiger partial charge in [-0.3, -0.25) is 0 Å². The smallest absolute Gasteiger partial charge is 0.133 e. The maximum absolute atomic E-state index is 5.60. The molecule has 1 aromatic rings. The Morgan fingerprint density at radius 2 is 2.07 bits per heavy atom. The van der Waals surface area contributed by atoms with E-state index in [0.29, 0.717) is 12.5 Å². The van der Waals surface area contributed by atoms with Gasteiger partial charge in [-0.1, -0.05) is 27.7 Å². The van der Waals surface area contributed by atoms with Crippen molar-refractivity contribution in [2.75, 3.05) is 6.54 Å². The van der Waals surface area contributed by atoms with Gasteiger partial charge in [0.15, 0.2) is 0 Å². The van der Waals surface area contributed by atoms with Crippen molar-refractivity contribution in [1.29, 1.82) is 0 Å². The highest BCUT2D eigenvalue weighted by molar-refractivity contribution is 5.08. The van der Waals surface area contributed by atoms with Crippen LogP contribution in [0.15, 0.2) is 12.3 Å². The third-order valence-electron chi connectivity index (χ3n) is 2.34. The Morgan fingerprint density at radius 3 is 2.60 bits per heavy atom. The molecule has 15 heavy (non-hydrogen) atoms. The fraction of sp³-hybridized carbons (Fsp3) is 0.667. The third-order valence-corrected chi connectivity index (χ3v) is 2.34. The molecule has 1 heterocycles. The van der Waals surface area contributed by atoms with E-state index in [0.717, 1.165) is 17.9 Å². The van der Waals surface area contributed by atoms with Gasteiger partial charge in [0.05, 0.1) is 0 Å². The Balaban J connectivity index is 2.84. The van der Waals surface area contributed by atoms with Crippen LogP contribution in [0.1, 0.15) is 39.2 Å². The van der Waals surface area contributed by atoms with Crippen LogP contribution in [-0.2, 0) is 11.8 Å². The van der Waals surface area contributed by atoms with Crippen LogP contribution in [0, 0.1) is 5.92 Å². The molecule has 0 bridgehead atoms. The van der Waals surface area contributed by atoms with Crippen molar-refractivity contribution < 1.29 is 0 Å². The van der Waals surface area contributed by atoms with E-state index in [-0.39, 0.29) is 5.41 Å². The fourth-order valence-corrected chi connectivity index (χ4v) is 1.31. The van der Waals surface area contributed by atoms with Crippen molar-refractivity contribution in [3.63, 3.8) is 0 Å². The minimum absolute atomic E-state index is 0.0158. The van der Waals surface area contributed by atoms with E-state index in [2.05, 4.69) is 37.7 Å². The molecule has 0 aliphatic rings. The maximum atomic E-state index is 5.60. The van der Waals surface area contributed by atoms with Crippen LogP contribution >= 0.6 is 0 Å². The molecule has 1 unspecified atom stereocenters. The van der Waals surface area contributed by atoms with Crippen molar-refractivity contribution >= 4 is 0 Å². The van der Waals surface area contributed by atoms with Crippen molar-refractivity contribution in [3.05, 3.63) is 23.8 Å². The number of aromatic nitrogens is 2. The van der Waals surface area contributed by atoms with Gasteiger partial charge in [0, 0.05) is 17.3 Å². The molecule has 0 radical (unpaired) electrons. The zero-order chi connectivity index (χ0) is 11.5. The van der Waals surface area contributed by atoms with E-state index >= 15 is 0 Å². The molecule has 0 aromatic carbocycles. The molecule has 2 N–H and O–H groups in total. The summed E-state index contributed by atoms with van der Waals surface area (Å²) in [7, 11) is 0. The highest BCUT2D eigenvalue weighted by Gasteiger charge is 2.17. The van der Waals surface area contributed by atoms with Gasteiger partial charge in [-0.25, -0.2) is 9.97 Å². The van der Waals surface area contributed by atoms with Crippen molar-refractivity contribution in [3.8, 4) is 0 Å². The molecule has 3 nitrogen and oxygen atoms in total. The summed E-state index contributed by atoms with van der Waals surface area (Å²) in [5.41, 5.74) is 6.71. The maximum Gasteiger partial charge on any atom is 0.133 e. The first kappa shape index (κ1) is 12.1. The molecule has 0 spiro atoms. The molecule has 3 heteroatoms. The minimum Gasteiger partial charge on any atom is -0.330 e. The third kappa shape index (κ3) is 3.59. The first-order valence-electron chi connectivity index (χ1n) is 5.46. The largest absolute Gasteiger partial charge is 0.330 e. The first-order valence-corrected chi connectivity index (χ1v) is 5.46. The lowest BCUT2D eigenvalue weighted by Crippen LogP contribution is -2.18. The lowest BCUT2D eigenvalue weighted by molar-refractivity contribution is 0.529. The van der Waals surface area contributed by atoms with E-state index in [9.17, 15) is 0 Å². The zero-order valence-electron chi connectivity index (χ0n) is 10.1. The molecule has 0 amide bonds. The topological polar surface area (TPSA) is 51.8 Å². The van der Waals surface area contributed by atoms with E-state index in [1.54, 1.807) is 0 Å². The summed E-state index contributed by atoms with van der Waals surface area (Å²) in [6.07, 6.45) is 2.77. The highest BCUT2D eigenvalue weighted by atomic mass is 14.9. The van der Waals surface area contributed by atoms with Crippen LogP contribution in [-0.4, -0.2) is 16.5 Å². The number of nitrogens with two attached hydrogens (primary N) is 1. The second-order valence-electron chi connectivity index (χ2n) is 5.17. The Morgan fingerprint density at radius 1 is 1.40 bits per heavy atom. The van der Waals surface area contributed by atoms with Crippen molar-refractivity contribution in [1.82, 2.24) is 9.97 Å². The van der Waals surface area contributed by atoms with Crippen LogP contribution in [0.4, 0.5) is 0 Å². The fourth-order valence-electron chi connectivity index (χ4n) is 1.31. The minimum atomic E-state index is 0.0158. The number of rotatable bonds is 3. The number of hydrogen-bond donors (Lipinski definition) is 1. The number of hydrogen-bond acceptors (Lipinski definition) is 3. The predicted molar refractivity (Wildman–Crippen MR) is 62.7 cm³/mol. The Hall–Kier alpha value is -0.960. The van der Waals surface area contributed by atoms with Gasteiger partial charge in [-0.15, -0.1) is 0 Å². The van der Waals surface area contributed by atoms with Crippen molar-refractivity contribution in [2.45, 2.75) is 39.5 Å². The summed E-state index contributed by atoms with van der Waals surface area (Å²) >= 11 is 0. The molecule has 0 saturated carbocycles. The van der Waals surface area contributed by atoms with Gasteiger partial charge < -0.3 is 5.73 Å². The normalized spacial score (nSPS) is 13.9. The predicted octanol–water partition coefficient (Wildman–Crippen LogP) is 1.91. The van der Waals surface area contributed by atoms with Crippen LogP contribution < -0.4 is 5.73 Å². The Bertz CT molecular complexity index is 315. The van der Waals surface area contributed by atoms with Crippen LogP contribution in [0.2, 0.25) is 0 Å². The van der Waals surface area contributed by atoms with Gasteiger partial charge >= 0.3 is 0 Å². The molecular weight excluding hydrogens is 186 g/mol. The van der Waals surface area contributed by atoms with Gasteiger partial charge in [0.2, 0.25) is 0 Å². The standard InChI is InChI=1S/C12H21N3/c1-9(8-13)7-10-5-6-14-11(15-10)12(2,3)4/h5-6,9H,7-8,13H2,1-4H3. The molecule has 0 saturated heterocycles. The second-order valence-corrected chi connectivity index (χ2v) is 5.17. The molecule has 0 aliphatic carbocycles. The summed E-state index contributed by atoms with van der Waals surface area (Å²) in [6.45, 7) is 9.21. The Labute approximate surface area is 92.1 Å². The van der Waals surface area contributed by atoms with E-state index in [4.69, 9.17) is 5.73 Å². The molecule has 1 rings (SSSR count). The molecule has 1 aromatic heterocycles. The van der Waals surface area contributed by atoms with Crippen LogP contribution in [0.3, 0.4) is 0 Å². The molecule has 0 fully saturated rings. The van der Waals surface area contributed by atoms with E-state index in [1.807, 2.05) is 12.3 Å². The van der Waals surface area contributed by atoms with Gasteiger partial charge in [-0.05, 0) is 24.9 Å². The van der Waals surface area contributed by atoms with Crippen LogP contribution in [0.25, 0.3) is 0 Å². The average Bonchev–Trinajstić information content (AvgIpc) is 2.17. The second kappa shape index (κ2) is 4.71. The van der Waals surface area contributed by atoms with E-state index in [1.165, 1.54) is 0 Å². The van der Waals surface area contributed by atoms with Gasteiger partial charge in [0.25, 0.3) is 0 Å². The summed E-state index contributed by atoms with van der Waals surface area (Å²) in [5, 5.41) is 0. The number of nitrogens with zero attached hydrogens (tertiary/aromatic N) is 2. The molecule has 1 atom stereocenters. The average molecular weight is 207 g/mol. The highest BCUT2D eigenvalue weighted by Crippen LogP contribution is 2.18. The monoisotopic (exact) mass is 207 g/mol. The Kier molecular flexibility index (Phi) is 3.80. The quantitative estimate of drug-likeness (QED) is 0.823. The molecule has 84 valence electrons. The van der Waals surface area contributed by atoms with Crippen molar-refractivity contribution in [2.24, 2.45) is 11.7 Å². The summed E-state index contributed by atoms with van der Waals surface area (Å²) in [6, 6.07) is 1.97. The van der Waals surface area contributed by atoms with Crippen LogP contribution in [0.5, 0.6) is 0 Å². The summed E-state index contributed by atoms with van der Waals surface area (Å²) in [5.74, 6) is 1.39. The van der Waals surface area contributed by atoms with E-state index < -0.39 is 0 Å². The summed E-state index contributed by atoms with van der Waals surface area (Å²) < 4.78 is 0. The molecule has 0 aliphatic heterocycles. The summed E-state index contributed by atoms with van der Waals surface area (Å²) in [4.78, 5) is 8.87. The van der Waals surface area contributed by atoms with Gasteiger partial charge in [0.1, 0.15) is 5.82 Å². The first-order chi connectivity index (χ1) is 6.93. The lowest BCUT2D eigenvalue weighted by atomic mass is 9.95.